The minimum absolute atomic E-state index is 0.0745. The fraction of sp³-hybridized carbons (Fsp3) is 0.304. The van der Waals surface area contributed by atoms with Crippen molar-refractivity contribution in [2.24, 2.45) is 5.92 Å². The lowest BCUT2D eigenvalue weighted by Gasteiger charge is -2.30. The highest BCUT2D eigenvalue weighted by atomic mass is 32.2. The Morgan fingerprint density at radius 2 is 1.88 bits per heavy atom. The Balaban J connectivity index is 1.30. The average Bonchev–Trinajstić information content (AvgIpc) is 3.38. The van der Waals surface area contributed by atoms with Gasteiger partial charge in [0, 0.05) is 13.1 Å². The second kappa shape index (κ2) is 9.90. The molecule has 33 heavy (non-hydrogen) atoms. The summed E-state index contributed by atoms with van der Waals surface area (Å²) in [7, 11) is -3.62. The number of hydrogen-bond acceptors (Lipinski definition) is 6. The van der Waals surface area contributed by atoms with Gasteiger partial charge in [0.25, 0.3) is 15.9 Å². The number of carbonyl (C=O) groups excluding carboxylic acids is 2. The van der Waals surface area contributed by atoms with Crippen LogP contribution in [0.4, 0.5) is 0 Å². The Kier molecular flexibility index (Phi) is 6.96. The summed E-state index contributed by atoms with van der Waals surface area (Å²) in [5, 5.41) is 3.77. The van der Waals surface area contributed by atoms with Gasteiger partial charge in [-0.3, -0.25) is 20.4 Å². The molecule has 2 aromatic carbocycles. The van der Waals surface area contributed by atoms with Crippen molar-refractivity contribution in [3.63, 3.8) is 0 Å². The highest BCUT2D eigenvalue weighted by molar-refractivity contribution is 7.91. The summed E-state index contributed by atoms with van der Waals surface area (Å²) in [4.78, 5) is 25.0. The van der Waals surface area contributed by atoms with Gasteiger partial charge in [0.15, 0.2) is 6.10 Å². The number of hydrogen-bond donors (Lipinski definition) is 2. The monoisotopic (exact) mass is 487 g/mol. The molecule has 2 heterocycles. The molecule has 0 spiro atoms. The van der Waals surface area contributed by atoms with Crippen LogP contribution < -0.4 is 15.6 Å². The van der Waals surface area contributed by atoms with Crippen LogP contribution in [0, 0.1) is 5.92 Å². The third-order valence-corrected chi connectivity index (χ3v) is 8.79. The largest absolute Gasteiger partial charge is 0.481 e. The van der Waals surface area contributed by atoms with Crippen LogP contribution in [-0.4, -0.2) is 43.7 Å². The molecular formula is C23H25N3O5S2. The smallest absolute Gasteiger partial charge is 0.279 e. The maximum absolute atomic E-state index is 12.7. The van der Waals surface area contributed by atoms with Crippen molar-refractivity contribution >= 4 is 43.9 Å². The number of benzene rings is 2. The van der Waals surface area contributed by atoms with E-state index in [1.165, 1.54) is 4.31 Å². The van der Waals surface area contributed by atoms with Crippen molar-refractivity contribution in [3.05, 3.63) is 60.0 Å². The van der Waals surface area contributed by atoms with E-state index in [9.17, 15) is 18.0 Å². The molecule has 1 saturated heterocycles. The van der Waals surface area contributed by atoms with Crippen molar-refractivity contribution < 1.29 is 22.7 Å². The molecule has 1 aliphatic rings. The fourth-order valence-corrected chi connectivity index (χ4v) is 6.41. The predicted molar refractivity (Wildman–Crippen MR) is 126 cm³/mol. The summed E-state index contributed by atoms with van der Waals surface area (Å²) in [5.41, 5.74) is 4.81. The summed E-state index contributed by atoms with van der Waals surface area (Å²) >= 11 is 1.15. The Labute approximate surface area is 196 Å². The van der Waals surface area contributed by atoms with Crippen molar-refractivity contribution in [2.45, 2.75) is 30.1 Å². The third kappa shape index (κ3) is 5.35. The number of nitrogens with one attached hydrogen (secondary N) is 2. The Bertz CT molecular complexity index is 1240. The zero-order valence-electron chi connectivity index (χ0n) is 18.1. The molecule has 0 aliphatic carbocycles. The zero-order valence-corrected chi connectivity index (χ0v) is 19.7. The molecule has 0 bridgehead atoms. The lowest BCUT2D eigenvalue weighted by Crippen LogP contribution is -2.52. The van der Waals surface area contributed by atoms with E-state index in [1.54, 1.807) is 30.5 Å². The van der Waals surface area contributed by atoms with Gasteiger partial charge in [-0.25, -0.2) is 8.42 Å². The van der Waals surface area contributed by atoms with Crippen LogP contribution in [0.2, 0.25) is 0 Å². The van der Waals surface area contributed by atoms with Crippen molar-refractivity contribution in [2.75, 3.05) is 13.1 Å². The minimum Gasteiger partial charge on any atom is -0.481 e. The van der Waals surface area contributed by atoms with E-state index in [-0.39, 0.29) is 10.8 Å². The summed E-state index contributed by atoms with van der Waals surface area (Å²) in [6.07, 6.45) is 0.271. The highest BCUT2D eigenvalue weighted by Crippen LogP contribution is 2.26. The number of carbonyl (C=O) groups is 2. The molecule has 1 aliphatic heterocycles. The van der Waals surface area contributed by atoms with E-state index in [1.807, 2.05) is 36.4 Å². The molecule has 174 valence electrons. The SMILES string of the molecule is CC(Oc1ccc2ccccc2c1)C(=O)NNC(=O)C1CCCN(S(=O)(=O)c2cccs2)C1. The maximum atomic E-state index is 12.7. The lowest BCUT2D eigenvalue weighted by molar-refractivity contribution is -0.134. The van der Waals surface area contributed by atoms with Gasteiger partial charge in [-0.1, -0.05) is 36.4 Å². The van der Waals surface area contributed by atoms with E-state index in [2.05, 4.69) is 10.9 Å². The Morgan fingerprint density at radius 1 is 1.09 bits per heavy atom. The van der Waals surface area contributed by atoms with Crippen LogP contribution in [0.25, 0.3) is 10.8 Å². The van der Waals surface area contributed by atoms with Gasteiger partial charge in [-0.05, 0) is 54.1 Å². The molecule has 8 nitrogen and oxygen atoms in total. The zero-order chi connectivity index (χ0) is 23.4. The second-order valence-electron chi connectivity index (χ2n) is 7.88. The maximum Gasteiger partial charge on any atom is 0.279 e. The van der Waals surface area contributed by atoms with Crippen LogP contribution in [0.3, 0.4) is 0 Å². The van der Waals surface area contributed by atoms with Gasteiger partial charge in [0.1, 0.15) is 9.96 Å². The van der Waals surface area contributed by atoms with Gasteiger partial charge in [-0.2, -0.15) is 4.31 Å². The second-order valence-corrected chi connectivity index (χ2v) is 11.0. The molecule has 3 aromatic rings. The van der Waals surface area contributed by atoms with Crippen molar-refractivity contribution in [1.29, 1.82) is 0 Å². The average molecular weight is 488 g/mol. The van der Waals surface area contributed by atoms with Gasteiger partial charge < -0.3 is 4.74 Å². The first-order valence-corrected chi connectivity index (χ1v) is 13.0. The number of rotatable bonds is 6. The fourth-order valence-electron chi connectivity index (χ4n) is 3.74. The first kappa shape index (κ1) is 23.2. The summed E-state index contributed by atoms with van der Waals surface area (Å²) in [6.45, 7) is 2.03. The van der Waals surface area contributed by atoms with E-state index in [0.717, 1.165) is 22.1 Å². The van der Waals surface area contributed by atoms with E-state index < -0.39 is 33.9 Å². The Hall–Kier alpha value is -2.95. The van der Waals surface area contributed by atoms with Crippen LogP contribution in [-0.2, 0) is 19.6 Å². The highest BCUT2D eigenvalue weighted by Gasteiger charge is 2.34. The number of amides is 2. The van der Waals surface area contributed by atoms with Gasteiger partial charge in [0.2, 0.25) is 5.91 Å². The number of hydrazine groups is 1. The number of fused-ring (bicyclic) bond motifs is 1. The molecule has 10 heteroatoms. The van der Waals surface area contributed by atoms with Crippen LogP contribution in [0.15, 0.2) is 64.2 Å². The predicted octanol–water partition coefficient (Wildman–Crippen LogP) is 2.92. The van der Waals surface area contributed by atoms with Gasteiger partial charge in [-0.15, -0.1) is 11.3 Å². The normalized spacial score (nSPS) is 17.9. The van der Waals surface area contributed by atoms with E-state index in [0.29, 0.717) is 25.1 Å². The first-order valence-electron chi connectivity index (χ1n) is 10.6. The van der Waals surface area contributed by atoms with E-state index in [4.69, 9.17) is 4.74 Å². The molecule has 2 N–H and O–H groups in total. The topological polar surface area (TPSA) is 105 Å². The van der Waals surface area contributed by atoms with Crippen molar-refractivity contribution in [1.82, 2.24) is 15.2 Å². The quantitative estimate of drug-likeness (QED) is 0.520. The summed E-state index contributed by atoms with van der Waals surface area (Å²) in [6, 6.07) is 16.6. The van der Waals surface area contributed by atoms with Crippen LogP contribution in [0.1, 0.15) is 19.8 Å². The molecule has 2 atom stereocenters. The molecule has 2 amide bonds. The molecule has 4 rings (SSSR count). The van der Waals surface area contributed by atoms with Gasteiger partial charge in [0.05, 0.1) is 5.92 Å². The summed E-state index contributed by atoms with van der Waals surface area (Å²) in [5.74, 6) is -0.933. The molecule has 2 unspecified atom stereocenters. The summed E-state index contributed by atoms with van der Waals surface area (Å²) < 4.78 is 32.8. The number of sulfonamides is 1. The first-order chi connectivity index (χ1) is 15.8. The van der Waals surface area contributed by atoms with Crippen LogP contribution >= 0.6 is 11.3 Å². The molecule has 0 saturated carbocycles. The number of nitrogens with zero attached hydrogens (tertiary/aromatic N) is 1. The standard InChI is InChI=1S/C23H25N3O5S2/c1-16(31-20-11-10-17-6-2-3-7-18(17)14-20)22(27)24-25-23(28)19-8-4-12-26(15-19)33(29,30)21-9-5-13-32-21/h2-3,5-7,9-11,13-14,16,19H,4,8,12,15H2,1H3,(H,24,27)(H,25,28). The Morgan fingerprint density at radius 3 is 2.64 bits per heavy atom. The van der Waals surface area contributed by atoms with Crippen LogP contribution in [0.5, 0.6) is 5.75 Å². The number of thiophene rings is 1. The number of ether oxygens (including phenoxy) is 1. The molecule has 0 radical (unpaired) electrons. The lowest BCUT2D eigenvalue weighted by atomic mass is 9.99. The van der Waals surface area contributed by atoms with Gasteiger partial charge >= 0.3 is 0 Å². The number of piperidine rings is 1. The minimum atomic E-state index is -3.62. The van der Waals surface area contributed by atoms with Crippen molar-refractivity contribution in [3.8, 4) is 5.75 Å². The van der Waals surface area contributed by atoms with E-state index >= 15 is 0 Å². The molecule has 1 aromatic heterocycles. The third-order valence-electron chi connectivity index (χ3n) is 5.56. The molecule has 1 fully saturated rings. The molecular weight excluding hydrogens is 462 g/mol.